The third kappa shape index (κ3) is 6.55. The van der Waals surface area contributed by atoms with Gasteiger partial charge >= 0.3 is 0 Å². The Hall–Kier alpha value is -7.04. The van der Waals surface area contributed by atoms with Gasteiger partial charge in [-0.2, -0.15) is 0 Å². The van der Waals surface area contributed by atoms with Crippen LogP contribution in [0.25, 0.3) is 78.9 Å². The maximum absolute atomic E-state index is 5.39. The smallest absolute Gasteiger partial charge is 0.160 e. The van der Waals surface area contributed by atoms with Crippen molar-refractivity contribution in [1.29, 1.82) is 0 Å². The van der Waals surface area contributed by atoms with Crippen molar-refractivity contribution < 1.29 is 0 Å². The second kappa shape index (κ2) is 15.2. The molecule has 61 heavy (non-hydrogen) atoms. The topological polar surface area (TPSA) is 51.6 Å². The Kier molecular flexibility index (Phi) is 9.22. The molecular weight excluding hydrogens is 741 g/mol. The maximum atomic E-state index is 5.39. The molecule has 294 valence electrons. The van der Waals surface area contributed by atoms with Gasteiger partial charge in [0.1, 0.15) is 0 Å². The first-order chi connectivity index (χ1) is 30.0. The average molecular weight is 787 g/mol. The lowest BCUT2D eigenvalue weighted by molar-refractivity contribution is 0.144. The van der Waals surface area contributed by atoms with Crippen molar-refractivity contribution in [2.45, 2.75) is 50.4 Å². The predicted octanol–water partition coefficient (Wildman–Crippen LogP) is 14.4. The highest BCUT2D eigenvalue weighted by Gasteiger charge is 2.58. The number of hydrogen-bond donors (Lipinski definition) is 0. The second-order valence-electron chi connectivity index (χ2n) is 17.1. The molecule has 2 atom stereocenters. The number of aromatic nitrogens is 4. The molecule has 1 spiro atoms. The molecule has 1 saturated carbocycles. The zero-order chi connectivity index (χ0) is 40.8. The number of fused-ring (bicyclic) bond motifs is 5. The molecule has 0 radical (unpaired) electrons. The Morgan fingerprint density at radius 1 is 0.410 bits per heavy atom. The van der Waals surface area contributed by atoms with E-state index in [0.29, 0.717) is 17.6 Å². The van der Waals surface area contributed by atoms with Crippen LogP contribution in [-0.2, 0) is 5.41 Å². The van der Waals surface area contributed by atoms with E-state index in [1.54, 1.807) is 0 Å². The third-order valence-electron chi connectivity index (χ3n) is 13.7. The van der Waals surface area contributed by atoms with E-state index in [1.165, 1.54) is 48.8 Å². The Labute approximate surface area is 358 Å². The summed E-state index contributed by atoms with van der Waals surface area (Å²) in [5.41, 5.74) is 15.1. The van der Waals surface area contributed by atoms with Crippen molar-refractivity contribution in [2.75, 3.05) is 0 Å². The first kappa shape index (κ1) is 37.0. The second-order valence-corrected chi connectivity index (χ2v) is 17.1. The van der Waals surface area contributed by atoms with Crippen LogP contribution in [0.5, 0.6) is 0 Å². The van der Waals surface area contributed by atoms with Gasteiger partial charge in [-0.3, -0.25) is 0 Å². The van der Waals surface area contributed by atoms with E-state index in [2.05, 4.69) is 189 Å². The summed E-state index contributed by atoms with van der Waals surface area (Å²) in [4.78, 5) is 21.1. The molecule has 8 aromatic rings. The van der Waals surface area contributed by atoms with Crippen molar-refractivity contribution in [3.05, 3.63) is 205 Å². The lowest BCUT2D eigenvalue weighted by Gasteiger charge is -2.48. The first-order valence-electron chi connectivity index (χ1n) is 21.7. The minimum Gasteiger partial charge on any atom is -0.228 e. The fourth-order valence-electron chi connectivity index (χ4n) is 10.5. The Morgan fingerprint density at radius 3 is 1.48 bits per heavy atom. The van der Waals surface area contributed by atoms with Crippen molar-refractivity contribution in [1.82, 2.24) is 19.9 Å². The van der Waals surface area contributed by atoms with Crippen LogP contribution in [0.1, 0.15) is 56.1 Å². The molecule has 2 aromatic heterocycles. The first-order valence-corrected chi connectivity index (χ1v) is 21.7. The van der Waals surface area contributed by atoms with Crippen LogP contribution < -0.4 is 0 Å². The van der Waals surface area contributed by atoms with Gasteiger partial charge in [0, 0.05) is 50.1 Å². The molecule has 3 aliphatic rings. The van der Waals surface area contributed by atoms with Gasteiger partial charge in [0.05, 0.1) is 22.8 Å². The van der Waals surface area contributed by atoms with Gasteiger partial charge in [-0.25, -0.2) is 19.9 Å². The fraction of sp³-hybridized carbons (Fsp3) is 0.158. The number of hydrogen-bond acceptors (Lipinski definition) is 4. The zero-order valence-corrected chi connectivity index (χ0v) is 34.4. The van der Waals surface area contributed by atoms with Crippen LogP contribution >= 0.6 is 0 Å². The Morgan fingerprint density at radius 2 is 0.885 bits per heavy atom. The number of benzene rings is 6. The Balaban J connectivity index is 1.03. The highest BCUT2D eigenvalue weighted by molar-refractivity contribution is 5.78. The Bertz CT molecular complexity index is 2960. The van der Waals surface area contributed by atoms with Gasteiger partial charge in [0.15, 0.2) is 11.6 Å². The van der Waals surface area contributed by atoms with E-state index >= 15 is 0 Å². The lowest BCUT2D eigenvalue weighted by Crippen LogP contribution is -2.42. The molecule has 0 aliphatic heterocycles. The van der Waals surface area contributed by atoms with Crippen molar-refractivity contribution in [2.24, 2.45) is 5.41 Å². The highest BCUT2D eigenvalue weighted by Crippen LogP contribution is 2.66. The van der Waals surface area contributed by atoms with Gasteiger partial charge in [-0.15, -0.1) is 0 Å². The van der Waals surface area contributed by atoms with Gasteiger partial charge in [-0.05, 0) is 65.4 Å². The van der Waals surface area contributed by atoms with E-state index < -0.39 is 0 Å². The summed E-state index contributed by atoms with van der Waals surface area (Å²) in [7, 11) is 0. The van der Waals surface area contributed by atoms with E-state index in [0.717, 1.165) is 61.7 Å². The third-order valence-corrected chi connectivity index (χ3v) is 13.7. The molecule has 3 aliphatic carbocycles. The summed E-state index contributed by atoms with van der Waals surface area (Å²) in [6, 6.07) is 59.8. The average Bonchev–Trinajstić information content (AvgIpc) is 3.54. The van der Waals surface area contributed by atoms with E-state index in [4.69, 9.17) is 19.9 Å². The predicted molar refractivity (Wildman–Crippen MR) is 250 cm³/mol. The van der Waals surface area contributed by atoms with Crippen LogP contribution in [0.3, 0.4) is 0 Å². The zero-order valence-electron chi connectivity index (χ0n) is 34.4. The molecule has 0 N–H and O–H groups in total. The minimum atomic E-state index is 0.0695. The minimum absolute atomic E-state index is 0.0695. The van der Waals surface area contributed by atoms with E-state index in [-0.39, 0.29) is 10.8 Å². The maximum Gasteiger partial charge on any atom is 0.160 e. The molecule has 4 nitrogen and oxygen atoms in total. The largest absolute Gasteiger partial charge is 0.228 e. The molecule has 2 unspecified atom stereocenters. The quantitative estimate of drug-likeness (QED) is 0.161. The lowest BCUT2D eigenvalue weighted by atomic mass is 9.55. The number of allylic oxidation sites excluding steroid dienone is 4. The molecule has 11 rings (SSSR count). The van der Waals surface area contributed by atoms with Crippen molar-refractivity contribution in [3.8, 4) is 78.9 Å². The van der Waals surface area contributed by atoms with E-state index in [1.807, 2.05) is 12.1 Å². The molecule has 2 heterocycles. The standard InChI is InChI=1S/C57H46N4/c1-56-31-15-12-28-48(56)47-30-29-44(36-49(47)57(56)32-13-5-14-33-57)53-38-51(41-22-10-4-11-23-41)59-55(61-53)46-27-17-26-45(35-46)54-58-50(40-20-8-3-9-21-40)37-52(60-54)43-25-16-24-42(34-43)39-18-6-2-7-19-39/h2-4,6-12,15-31,34-38,48H,5,13-14,32-33H2,1H3. The molecule has 6 aromatic carbocycles. The monoisotopic (exact) mass is 786 g/mol. The summed E-state index contributed by atoms with van der Waals surface area (Å²) in [6.45, 7) is 2.51. The van der Waals surface area contributed by atoms with Crippen LogP contribution in [0.15, 0.2) is 194 Å². The fourth-order valence-corrected chi connectivity index (χ4v) is 10.5. The molecule has 0 saturated heterocycles. The van der Waals surface area contributed by atoms with Crippen LogP contribution in [0, 0.1) is 5.41 Å². The van der Waals surface area contributed by atoms with Gasteiger partial charge in [-0.1, -0.05) is 190 Å². The normalized spacial score (nSPS) is 18.5. The molecule has 0 bridgehead atoms. The van der Waals surface area contributed by atoms with Crippen LogP contribution in [0.4, 0.5) is 0 Å². The summed E-state index contributed by atoms with van der Waals surface area (Å²) >= 11 is 0. The summed E-state index contributed by atoms with van der Waals surface area (Å²) in [5.74, 6) is 1.71. The molecule has 1 fully saturated rings. The summed E-state index contributed by atoms with van der Waals surface area (Å²) in [6.07, 6.45) is 15.8. The molecular formula is C57H46N4. The van der Waals surface area contributed by atoms with Gasteiger partial charge in [0.25, 0.3) is 0 Å². The number of rotatable bonds is 7. The van der Waals surface area contributed by atoms with Crippen molar-refractivity contribution in [3.63, 3.8) is 0 Å². The summed E-state index contributed by atoms with van der Waals surface area (Å²) < 4.78 is 0. The van der Waals surface area contributed by atoms with Crippen LogP contribution in [0.2, 0.25) is 0 Å². The molecule has 0 amide bonds. The highest BCUT2D eigenvalue weighted by atomic mass is 14.9. The van der Waals surface area contributed by atoms with Gasteiger partial charge in [0.2, 0.25) is 0 Å². The van der Waals surface area contributed by atoms with Gasteiger partial charge < -0.3 is 0 Å². The number of nitrogens with zero attached hydrogens (tertiary/aromatic N) is 4. The molecule has 4 heteroatoms. The van der Waals surface area contributed by atoms with Crippen LogP contribution in [-0.4, -0.2) is 19.9 Å². The summed E-state index contributed by atoms with van der Waals surface area (Å²) in [5, 5.41) is 0. The SMILES string of the molecule is CC12C=CC=CC1c1ccc(-c3cc(-c4ccccc4)nc(-c4cccc(-c5nc(-c6ccccc6)cc(-c6cccc(-c7ccccc7)c6)n5)c4)n3)cc1C21CCCCC1. The van der Waals surface area contributed by atoms with Crippen molar-refractivity contribution >= 4 is 0 Å². The van der Waals surface area contributed by atoms with E-state index in [9.17, 15) is 0 Å².